The number of ether oxygens (including phenoxy) is 1. The molecule has 0 amide bonds. The molecule has 0 bridgehead atoms. The van der Waals surface area contributed by atoms with Crippen molar-refractivity contribution in [3.8, 4) is 0 Å². The van der Waals surface area contributed by atoms with Gasteiger partial charge in [-0.3, -0.25) is 0 Å². The van der Waals surface area contributed by atoms with E-state index in [2.05, 4.69) is 4.74 Å². The zero-order chi connectivity index (χ0) is 12.3. The normalized spacial score (nSPS) is 13.3. The smallest absolute Gasteiger partial charge is 0.416 e. The minimum absolute atomic E-state index is 0.356. The van der Waals surface area contributed by atoms with E-state index in [0.29, 0.717) is 0 Å². The van der Waals surface area contributed by atoms with Crippen LogP contribution in [0.4, 0.5) is 18.0 Å². The van der Waals surface area contributed by atoms with Crippen LogP contribution in [0.2, 0.25) is 0 Å². The van der Waals surface area contributed by atoms with Crippen molar-refractivity contribution in [2.75, 3.05) is 0 Å². The average molecular weight is 273 g/mol. The fourth-order valence-electron chi connectivity index (χ4n) is 1.10. The number of benzene rings is 1. The van der Waals surface area contributed by atoms with Crippen molar-refractivity contribution in [3.05, 3.63) is 35.4 Å². The summed E-state index contributed by atoms with van der Waals surface area (Å²) in [5.74, 6) is 0. The van der Waals surface area contributed by atoms with Crippen LogP contribution in [0.3, 0.4) is 0 Å². The standard InChI is InChI=1S/C9H5Cl2F3O2/c10-7(16-8(11)15)5-3-1-2-4-6(5)9(12,13)14/h1-4,7H/t7-/m0/s1. The molecule has 0 unspecified atom stereocenters. The van der Waals surface area contributed by atoms with Crippen molar-refractivity contribution in [2.45, 2.75) is 11.7 Å². The first kappa shape index (κ1) is 13.1. The highest BCUT2D eigenvalue weighted by Gasteiger charge is 2.35. The molecule has 0 saturated heterocycles. The van der Waals surface area contributed by atoms with Crippen LogP contribution in [0, 0.1) is 0 Å². The van der Waals surface area contributed by atoms with Gasteiger partial charge in [0.1, 0.15) is 0 Å². The SMILES string of the molecule is O=C(Cl)O[C@H](Cl)c1ccccc1C(F)(F)F. The Balaban J connectivity index is 3.08. The fraction of sp³-hybridized carbons (Fsp3) is 0.222. The molecule has 0 fully saturated rings. The second kappa shape index (κ2) is 4.93. The highest BCUT2D eigenvalue weighted by atomic mass is 35.5. The van der Waals surface area contributed by atoms with Crippen LogP contribution < -0.4 is 0 Å². The molecule has 1 atom stereocenters. The van der Waals surface area contributed by atoms with Crippen LogP contribution in [0.15, 0.2) is 24.3 Å². The van der Waals surface area contributed by atoms with E-state index in [-0.39, 0.29) is 5.56 Å². The van der Waals surface area contributed by atoms with Crippen LogP contribution in [0.5, 0.6) is 0 Å². The molecule has 0 aromatic heterocycles. The van der Waals surface area contributed by atoms with E-state index in [1.807, 2.05) is 0 Å². The lowest BCUT2D eigenvalue weighted by molar-refractivity contribution is -0.138. The molecular formula is C9H5Cl2F3O2. The number of alkyl halides is 4. The quantitative estimate of drug-likeness (QED) is 0.592. The van der Waals surface area contributed by atoms with Gasteiger partial charge in [-0.05, 0) is 6.07 Å². The number of carbonyl (C=O) groups is 1. The van der Waals surface area contributed by atoms with Gasteiger partial charge in [0.05, 0.1) is 5.56 Å². The van der Waals surface area contributed by atoms with Crippen molar-refractivity contribution in [2.24, 2.45) is 0 Å². The third-order valence-corrected chi connectivity index (χ3v) is 2.12. The first-order valence-corrected chi connectivity index (χ1v) is 4.80. The van der Waals surface area contributed by atoms with Gasteiger partial charge in [0.15, 0.2) is 0 Å². The molecule has 0 aliphatic heterocycles. The van der Waals surface area contributed by atoms with E-state index in [1.165, 1.54) is 12.1 Å². The largest absolute Gasteiger partial charge is 0.429 e. The predicted octanol–water partition coefficient (Wildman–Crippen LogP) is 4.32. The van der Waals surface area contributed by atoms with Crippen molar-refractivity contribution in [3.63, 3.8) is 0 Å². The van der Waals surface area contributed by atoms with Crippen molar-refractivity contribution < 1.29 is 22.7 Å². The van der Waals surface area contributed by atoms with Crippen LogP contribution in [0.25, 0.3) is 0 Å². The maximum absolute atomic E-state index is 12.5. The highest BCUT2D eigenvalue weighted by molar-refractivity contribution is 6.61. The summed E-state index contributed by atoms with van der Waals surface area (Å²) in [6.07, 6.45) is -4.57. The monoisotopic (exact) mass is 272 g/mol. The van der Waals surface area contributed by atoms with Crippen molar-refractivity contribution >= 4 is 28.6 Å². The topological polar surface area (TPSA) is 26.3 Å². The Kier molecular flexibility index (Phi) is 4.04. The molecular weight excluding hydrogens is 268 g/mol. The van der Waals surface area contributed by atoms with E-state index >= 15 is 0 Å². The molecule has 0 N–H and O–H groups in total. The van der Waals surface area contributed by atoms with Gasteiger partial charge < -0.3 is 4.74 Å². The molecule has 1 rings (SSSR count). The zero-order valence-corrected chi connectivity index (χ0v) is 9.10. The fourth-order valence-corrected chi connectivity index (χ4v) is 1.50. The first-order valence-electron chi connectivity index (χ1n) is 3.98. The molecule has 2 nitrogen and oxygen atoms in total. The van der Waals surface area contributed by atoms with Gasteiger partial charge in [0.25, 0.3) is 0 Å². The number of halogens is 5. The molecule has 0 heterocycles. The molecule has 1 aromatic carbocycles. The highest BCUT2D eigenvalue weighted by Crippen LogP contribution is 2.36. The lowest BCUT2D eigenvalue weighted by Crippen LogP contribution is -2.11. The van der Waals surface area contributed by atoms with Crippen molar-refractivity contribution in [1.29, 1.82) is 0 Å². The summed E-state index contributed by atoms with van der Waals surface area (Å²) in [7, 11) is 0. The summed E-state index contributed by atoms with van der Waals surface area (Å²) < 4.78 is 41.8. The van der Waals surface area contributed by atoms with E-state index in [0.717, 1.165) is 12.1 Å². The molecule has 0 aliphatic rings. The van der Waals surface area contributed by atoms with Gasteiger partial charge in [-0.15, -0.1) is 0 Å². The molecule has 1 aromatic rings. The number of hydrogen-bond donors (Lipinski definition) is 0. The first-order chi connectivity index (χ1) is 7.32. The maximum Gasteiger partial charge on any atom is 0.416 e. The van der Waals surface area contributed by atoms with Gasteiger partial charge in [-0.1, -0.05) is 29.8 Å². The Morgan fingerprint density at radius 3 is 2.38 bits per heavy atom. The Labute approximate surface area is 98.9 Å². The summed E-state index contributed by atoms with van der Waals surface area (Å²) in [4.78, 5) is 10.4. The number of carbonyl (C=O) groups excluding carboxylic acids is 1. The summed E-state index contributed by atoms with van der Waals surface area (Å²) >= 11 is 10.3. The summed E-state index contributed by atoms with van der Waals surface area (Å²) in [5, 5.41) is 0. The second-order valence-corrected chi connectivity index (χ2v) is 3.46. The minimum Gasteiger partial charge on any atom is -0.429 e. The van der Waals surface area contributed by atoms with E-state index in [9.17, 15) is 18.0 Å². The van der Waals surface area contributed by atoms with Crippen LogP contribution in [0.1, 0.15) is 16.7 Å². The zero-order valence-electron chi connectivity index (χ0n) is 7.59. The average Bonchev–Trinajstić information content (AvgIpc) is 2.15. The van der Waals surface area contributed by atoms with Crippen LogP contribution >= 0.6 is 23.2 Å². The second-order valence-electron chi connectivity index (χ2n) is 2.76. The van der Waals surface area contributed by atoms with Crippen molar-refractivity contribution in [1.82, 2.24) is 0 Å². The number of rotatable bonds is 2. The van der Waals surface area contributed by atoms with E-state index in [4.69, 9.17) is 23.2 Å². The van der Waals surface area contributed by atoms with E-state index < -0.39 is 22.7 Å². The van der Waals surface area contributed by atoms with Gasteiger partial charge in [-0.2, -0.15) is 13.2 Å². The Bertz CT molecular complexity index is 393. The van der Waals surface area contributed by atoms with Crippen LogP contribution in [-0.4, -0.2) is 5.43 Å². The molecule has 16 heavy (non-hydrogen) atoms. The summed E-state index contributed by atoms with van der Waals surface area (Å²) in [5.41, 5.74) is -4.15. The summed E-state index contributed by atoms with van der Waals surface area (Å²) in [6.45, 7) is 0. The Hall–Kier alpha value is -0.940. The number of hydrogen-bond acceptors (Lipinski definition) is 2. The minimum atomic E-state index is -4.57. The molecule has 0 spiro atoms. The lowest BCUT2D eigenvalue weighted by atomic mass is 10.1. The molecule has 88 valence electrons. The lowest BCUT2D eigenvalue weighted by Gasteiger charge is -2.15. The summed E-state index contributed by atoms with van der Waals surface area (Å²) in [6, 6.07) is 4.51. The van der Waals surface area contributed by atoms with Gasteiger partial charge >= 0.3 is 11.6 Å². The van der Waals surface area contributed by atoms with Gasteiger partial charge in [0.2, 0.25) is 5.56 Å². The Morgan fingerprint density at radius 2 is 1.88 bits per heavy atom. The predicted molar refractivity (Wildman–Crippen MR) is 52.4 cm³/mol. The van der Waals surface area contributed by atoms with Gasteiger partial charge in [0, 0.05) is 17.2 Å². The molecule has 0 saturated carbocycles. The third kappa shape index (κ3) is 3.28. The molecule has 0 aliphatic carbocycles. The maximum atomic E-state index is 12.5. The molecule has 0 radical (unpaired) electrons. The third-order valence-electron chi connectivity index (χ3n) is 1.71. The molecule has 7 heteroatoms. The van der Waals surface area contributed by atoms with Crippen LogP contribution in [-0.2, 0) is 10.9 Å². The Morgan fingerprint density at radius 1 is 1.31 bits per heavy atom. The van der Waals surface area contributed by atoms with E-state index in [1.54, 1.807) is 0 Å². The van der Waals surface area contributed by atoms with Gasteiger partial charge in [-0.25, -0.2) is 4.79 Å².